The molecule has 0 fully saturated rings. The van der Waals surface area contributed by atoms with Crippen molar-refractivity contribution in [3.8, 4) is 5.75 Å². The van der Waals surface area contributed by atoms with Crippen molar-refractivity contribution in [1.29, 1.82) is 0 Å². The zero-order valence-electron chi connectivity index (χ0n) is 15.8. The molecule has 0 bridgehead atoms. The molecule has 0 spiro atoms. The van der Waals surface area contributed by atoms with Gasteiger partial charge in [0.25, 0.3) is 0 Å². The summed E-state index contributed by atoms with van der Waals surface area (Å²) < 4.78 is 5.82. The maximum absolute atomic E-state index is 5.82. The highest BCUT2D eigenvalue weighted by molar-refractivity contribution is 5.57. The molecule has 29 heavy (non-hydrogen) atoms. The lowest BCUT2D eigenvalue weighted by Crippen LogP contribution is -2.05. The molecule has 2 N–H and O–H groups in total. The van der Waals surface area contributed by atoms with Gasteiger partial charge in [0.05, 0.1) is 0 Å². The van der Waals surface area contributed by atoms with Crippen LogP contribution in [0.4, 0.5) is 17.5 Å². The lowest BCUT2D eigenvalue weighted by Gasteiger charge is -2.10. The highest BCUT2D eigenvalue weighted by Gasteiger charge is 2.02. The number of ether oxygens (including phenoxy) is 1. The van der Waals surface area contributed by atoms with Gasteiger partial charge in [0, 0.05) is 30.8 Å². The Labute approximate surface area is 169 Å². The van der Waals surface area contributed by atoms with Gasteiger partial charge in [-0.3, -0.25) is 4.98 Å². The second kappa shape index (κ2) is 9.32. The van der Waals surface area contributed by atoms with Crippen LogP contribution >= 0.6 is 0 Å². The standard InChI is InChI=1S/C23H21N5O/c1-2-4-19(5-3-1)17-29-21-8-6-20(7-9-21)27-22-12-15-25-23(28-22)26-16-18-10-13-24-14-11-18/h1-15H,16-17H2,(H2,25,26,27,28). The summed E-state index contributed by atoms with van der Waals surface area (Å²) in [7, 11) is 0. The van der Waals surface area contributed by atoms with E-state index in [4.69, 9.17) is 4.74 Å². The van der Waals surface area contributed by atoms with Crippen LogP contribution in [-0.4, -0.2) is 15.0 Å². The number of hydrogen-bond acceptors (Lipinski definition) is 6. The van der Waals surface area contributed by atoms with Crippen LogP contribution < -0.4 is 15.4 Å². The van der Waals surface area contributed by atoms with Crippen LogP contribution in [0.1, 0.15) is 11.1 Å². The Morgan fingerprint density at radius 1 is 0.759 bits per heavy atom. The summed E-state index contributed by atoms with van der Waals surface area (Å²) in [4.78, 5) is 12.8. The lowest BCUT2D eigenvalue weighted by atomic mass is 10.2. The average Bonchev–Trinajstić information content (AvgIpc) is 2.79. The number of rotatable bonds is 8. The molecule has 0 radical (unpaired) electrons. The van der Waals surface area contributed by atoms with Gasteiger partial charge in [0.2, 0.25) is 5.95 Å². The Bertz CT molecular complexity index is 1020. The third kappa shape index (κ3) is 5.52. The Hall–Kier alpha value is -3.93. The van der Waals surface area contributed by atoms with E-state index < -0.39 is 0 Å². The van der Waals surface area contributed by atoms with E-state index in [1.807, 2.05) is 72.8 Å². The van der Waals surface area contributed by atoms with Crippen molar-refractivity contribution in [2.75, 3.05) is 10.6 Å². The van der Waals surface area contributed by atoms with Crippen molar-refractivity contribution >= 4 is 17.5 Å². The van der Waals surface area contributed by atoms with E-state index >= 15 is 0 Å². The Morgan fingerprint density at radius 2 is 1.55 bits per heavy atom. The maximum Gasteiger partial charge on any atom is 0.224 e. The van der Waals surface area contributed by atoms with E-state index in [-0.39, 0.29) is 0 Å². The highest BCUT2D eigenvalue weighted by Crippen LogP contribution is 2.20. The Balaban J connectivity index is 1.33. The van der Waals surface area contributed by atoms with Crippen LogP contribution in [-0.2, 0) is 13.2 Å². The molecule has 0 saturated heterocycles. The molecule has 0 amide bonds. The molecule has 4 rings (SSSR count). The molecule has 0 atom stereocenters. The number of anilines is 3. The predicted molar refractivity (Wildman–Crippen MR) is 114 cm³/mol. The molecule has 2 aromatic heterocycles. The monoisotopic (exact) mass is 383 g/mol. The molecule has 0 aliphatic carbocycles. The fourth-order valence-electron chi connectivity index (χ4n) is 2.72. The first-order valence-corrected chi connectivity index (χ1v) is 9.35. The second-order valence-corrected chi connectivity index (χ2v) is 6.40. The van der Waals surface area contributed by atoms with Crippen molar-refractivity contribution in [3.63, 3.8) is 0 Å². The number of nitrogens with one attached hydrogen (secondary N) is 2. The van der Waals surface area contributed by atoms with Crippen molar-refractivity contribution in [2.45, 2.75) is 13.2 Å². The number of hydrogen-bond donors (Lipinski definition) is 2. The maximum atomic E-state index is 5.82. The molecule has 2 heterocycles. The third-order valence-electron chi connectivity index (χ3n) is 4.23. The fourth-order valence-corrected chi connectivity index (χ4v) is 2.72. The van der Waals surface area contributed by atoms with E-state index in [2.05, 4.69) is 25.6 Å². The molecule has 0 unspecified atom stereocenters. The summed E-state index contributed by atoms with van der Waals surface area (Å²) >= 11 is 0. The Kier molecular flexibility index (Phi) is 5.93. The van der Waals surface area contributed by atoms with Crippen LogP contribution in [0, 0.1) is 0 Å². The summed E-state index contributed by atoms with van der Waals surface area (Å²) in [6.07, 6.45) is 5.26. The van der Waals surface area contributed by atoms with Gasteiger partial charge in [-0.25, -0.2) is 4.98 Å². The zero-order valence-corrected chi connectivity index (χ0v) is 15.8. The topological polar surface area (TPSA) is 72.0 Å². The first kappa shape index (κ1) is 18.4. The summed E-state index contributed by atoms with van der Waals surface area (Å²) in [5, 5.41) is 6.51. The van der Waals surface area contributed by atoms with Crippen LogP contribution in [0.15, 0.2) is 91.4 Å². The van der Waals surface area contributed by atoms with Gasteiger partial charge in [0.1, 0.15) is 18.2 Å². The zero-order chi connectivity index (χ0) is 19.7. The van der Waals surface area contributed by atoms with E-state index in [1.165, 1.54) is 0 Å². The molecule has 0 saturated carbocycles. The predicted octanol–water partition coefficient (Wildman–Crippen LogP) is 4.81. The number of aromatic nitrogens is 3. The van der Waals surface area contributed by atoms with Gasteiger partial charge >= 0.3 is 0 Å². The van der Waals surface area contributed by atoms with Crippen molar-refractivity contribution in [2.24, 2.45) is 0 Å². The molecule has 6 nitrogen and oxygen atoms in total. The van der Waals surface area contributed by atoms with E-state index in [0.29, 0.717) is 19.1 Å². The SMILES string of the molecule is c1ccc(COc2ccc(Nc3ccnc(NCc4ccncc4)n3)cc2)cc1. The molecule has 0 aliphatic heterocycles. The minimum Gasteiger partial charge on any atom is -0.489 e. The van der Waals surface area contributed by atoms with Gasteiger partial charge in [-0.2, -0.15) is 4.98 Å². The highest BCUT2D eigenvalue weighted by atomic mass is 16.5. The minimum absolute atomic E-state index is 0.548. The van der Waals surface area contributed by atoms with Gasteiger partial charge in [-0.15, -0.1) is 0 Å². The van der Waals surface area contributed by atoms with Gasteiger partial charge < -0.3 is 15.4 Å². The normalized spacial score (nSPS) is 10.3. The van der Waals surface area contributed by atoms with Crippen molar-refractivity contribution in [3.05, 3.63) is 103 Å². The first-order valence-electron chi connectivity index (χ1n) is 9.35. The van der Waals surface area contributed by atoms with E-state index in [1.54, 1.807) is 18.6 Å². The van der Waals surface area contributed by atoms with Crippen LogP contribution in [0.3, 0.4) is 0 Å². The number of nitrogens with zero attached hydrogens (tertiary/aromatic N) is 3. The Morgan fingerprint density at radius 3 is 2.34 bits per heavy atom. The molecule has 0 aliphatic rings. The van der Waals surface area contributed by atoms with E-state index in [0.717, 1.165) is 28.4 Å². The summed E-state index contributed by atoms with van der Waals surface area (Å²) in [6.45, 7) is 1.19. The molecular formula is C23H21N5O. The summed E-state index contributed by atoms with van der Waals surface area (Å²) in [5.74, 6) is 2.10. The average molecular weight is 383 g/mol. The van der Waals surface area contributed by atoms with Gasteiger partial charge in [0.15, 0.2) is 0 Å². The summed E-state index contributed by atoms with van der Waals surface area (Å²) in [5.41, 5.74) is 3.19. The molecular weight excluding hydrogens is 362 g/mol. The smallest absolute Gasteiger partial charge is 0.224 e. The van der Waals surface area contributed by atoms with Gasteiger partial charge in [-0.05, 0) is 53.6 Å². The summed E-state index contributed by atoms with van der Waals surface area (Å²) in [6, 6.07) is 23.7. The van der Waals surface area contributed by atoms with Crippen molar-refractivity contribution < 1.29 is 4.74 Å². The van der Waals surface area contributed by atoms with Crippen LogP contribution in [0.25, 0.3) is 0 Å². The van der Waals surface area contributed by atoms with Crippen LogP contribution in [0.5, 0.6) is 5.75 Å². The van der Waals surface area contributed by atoms with E-state index in [9.17, 15) is 0 Å². The van der Waals surface area contributed by atoms with Gasteiger partial charge in [-0.1, -0.05) is 30.3 Å². The molecule has 144 valence electrons. The fraction of sp³-hybridized carbons (Fsp3) is 0.0870. The molecule has 6 heteroatoms. The molecule has 2 aromatic carbocycles. The quantitative estimate of drug-likeness (QED) is 0.455. The largest absolute Gasteiger partial charge is 0.489 e. The minimum atomic E-state index is 0.548. The number of benzene rings is 2. The number of pyridine rings is 1. The lowest BCUT2D eigenvalue weighted by molar-refractivity contribution is 0.306. The third-order valence-corrected chi connectivity index (χ3v) is 4.23. The molecule has 4 aromatic rings. The van der Waals surface area contributed by atoms with Crippen molar-refractivity contribution in [1.82, 2.24) is 15.0 Å². The first-order chi connectivity index (χ1) is 14.3. The second-order valence-electron chi connectivity index (χ2n) is 6.40. The van der Waals surface area contributed by atoms with Crippen LogP contribution in [0.2, 0.25) is 0 Å².